The Morgan fingerprint density at radius 3 is 2.89 bits per heavy atom. The van der Waals surface area contributed by atoms with Gasteiger partial charge in [-0.25, -0.2) is 19.4 Å². The molecule has 0 aliphatic rings. The number of ether oxygens (including phenoxy) is 1. The van der Waals surface area contributed by atoms with Crippen molar-refractivity contribution in [3.63, 3.8) is 0 Å². The van der Waals surface area contributed by atoms with Crippen LogP contribution in [0, 0.1) is 11.3 Å². The lowest BCUT2D eigenvalue weighted by molar-refractivity contribution is 0.0520. The number of aromatic nitrogens is 4. The van der Waals surface area contributed by atoms with Crippen LogP contribution in [0.4, 0.5) is 5.69 Å². The van der Waals surface area contributed by atoms with Crippen LogP contribution in [0.5, 0.6) is 0 Å². The quantitative estimate of drug-likeness (QED) is 0.785. The molecule has 0 aliphatic heterocycles. The second kappa shape index (κ2) is 5.14. The molecule has 0 aromatic carbocycles. The molecule has 0 bridgehead atoms. The monoisotopic (exact) mass is 258 g/mol. The van der Waals surface area contributed by atoms with Gasteiger partial charge in [-0.3, -0.25) is 0 Å². The SMILES string of the molecule is CCOC(=O)c1nn(-c2cnc(C#N)cn2)cc1N. The summed E-state index contributed by atoms with van der Waals surface area (Å²) in [5.41, 5.74) is 6.08. The van der Waals surface area contributed by atoms with Crippen LogP contribution in [0.3, 0.4) is 0 Å². The maximum atomic E-state index is 11.6. The number of rotatable bonds is 3. The summed E-state index contributed by atoms with van der Waals surface area (Å²) in [4.78, 5) is 19.4. The normalized spacial score (nSPS) is 9.89. The number of esters is 1. The fraction of sp³-hybridized carbons (Fsp3) is 0.182. The highest BCUT2D eigenvalue weighted by molar-refractivity contribution is 5.92. The molecule has 0 radical (unpaired) electrons. The topological polar surface area (TPSA) is 120 Å². The van der Waals surface area contributed by atoms with E-state index in [1.807, 2.05) is 6.07 Å². The maximum absolute atomic E-state index is 11.6. The highest BCUT2D eigenvalue weighted by Gasteiger charge is 2.17. The van der Waals surface area contributed by atoms with Gasteiger partial charge in [-0.15, -0.1) is 0 Å². The molecule has 0 saturated heterocycles. The van der Waals surface area contributed by atoms with E-state index < -0.39 is 5.97 Å². The molecule has 96 valence electrons. The van der Waals surface area contributed by atoms with Crippen LogP contribution >= 0.6 is 0 Å². The van der Waals surface area contributed by atoms with Crippen LogP contribution in [0.25, 0.3) is 5.82 Å². The number of carbonyl (C=O) groups excluding carboxylic acids is 1. The molecule has 0 atom stereocenters. The third kappa shape index (κ3) is 2.50. The number of anilines is 1. The van der Waals surface area contributed by atoms with E-state index in [4.69, 9.17) is 15.7 Å². The first-order chi connectivity index (χ1) is 9.15. The Morgan fingerprint density at radius 2 is 2.32 bits per heavy atom. The summed E-state index contributed by atoms with van der Waals surface area (Å²) in [7, 11) is 0. The molecule has 2 aromatic heterocycles. The van der Waals surface area contributed by atoms with E-state index in [2.05, 4.69) is 15.1 Å². The molecule has 2 heterocycles. The van der Waals surface area contributed by atoms with Crippen LogP contribution in [0.15, 0.2) is 18.6 Å². The van der Waals surface area contributed by atoms with Crippen LogP contribution < -0.4 is 5.73 Å². The van der Waals surface area contributed by atoms with Crippen molar-refractivity contribution >= 4 is 11.7 Å². The molecule has 2 N–H and O–H groups in total. The van der Waals surface area contributed by atoms with Gasteiger partial charge in [0.25, 0.3) is 0 Å². The molecule has 0 amide bonds. The zero-order valence-corrected chi connectivity index (χ0v) is 10.1. The lowest BCUT2D eigenvalue weighted by Crippen LogP contribution is -2.08. The number of carbonyl (C=O) groups is 1. The summed E-state index contributed by atoms with van der Waals surface area (Å²) in [6.07, 6.45) is 4.10. The van der Waals surface area contributed by atoms with Gasteiger partial charge >= 0.3 is 5.97 Å². The standard InChI is InChI=1S/C11H10N6O2/c1-2-19-11(18)10-8(13)6-17(16-10)9-5-14-7(3-12)4-15-9/h4-6H,2,13H2,1H3. The molecule has 0 spiro atoms. The van der Waals surface area contributed by atoms with Crippen molar-refractivity contribution in [2.75, 3.05) is 12.3 Å². The molecule has 0 saturated carbocycles. The fourth-order valence-corrected chi connectivity index (χ4v) is 1.36. The van der Waals surface area contributed by atoms with Gasteiger partial charge in [0.2, 0.25) is 0 Å². The number of nitrogens with zero attached hydrogens (tertiary/aromatic N) is 5. The van der Waals surface area contributed by atoms with Gasteiger partial charge in [0.15, 0.2) is 17.2 Å². The third-order valence-electron chi connectivity index (χ3n) is 2.20. The molecule has 2 rings (SSSR count). The molecule has 0 fully saturated rings. The predicted octanol–water partition coefficient (Wildman–Crippen LogP) is 0.293. The molecule has 8 heteroatoms. The first-order valence-electron chi connectivity index (χ1n) is 5.40. The van der Waals surface area contributed by atoms with Crippen LogP contribution in [0.1, 0.15) is 23.1 Å². The Bertz CT molecular complexity index is 640. The van der Waals surface area contributed by atoms with Gasteiger partial charge < -0.3 is 10.5 Å². The number of nitriles is 1. The van der Waals surface area contributed by atoms with Crippen LogP contribution in [-0.2, 0) is 4.74 Å². The summed E-state index contributed by atoms with van der Waals surface area (Å²) in [5, 5.41) is 12.6. The Labute approximate surface area is 108 Å². The van der Waals surface area contributed by atoms with Crippen molar-refractivity contribution in [2.45, 2.75) is 6.92 Å². The van der Waals surface area contributed by atoms with Crippen LogP contribution in [-0.4, -0.2) is 32.3 Å². The largest absolute Gasteiger partial charge is 0.461 e. The number of hydrogen-bond donors (Lipinski definition) is 1. The van der Waals surface area contributed by atoms with Crippen molar-refractivity contribution < 1.29 is 9.53 Å². The van der Waals surface area contributed by atoms with E-state index in [0.717, 1.165) is 0 Å². The zero-order valence-electron chi connectivity index (χ0n) is 10.1. The van der Waals surface area contributed by atoms with E-state index in [-0.39, 0.29) is 23.7 Å². The van der Waals surface area contributed by atoms with Gasteiger partial charge in [0.05, 0.1) is 30.9 Å². The molecular weight excluding hydrogens is 248 g/mol. The minimum atomic E-state index is -0.597. The van der Waals surface area contributed by atoms with E-state index in [1.165, 1.54) is 23.3 Å². The van der Waals surface area contributed by atoms with Crippen molar-refractivity contribution in [3.8, 4) is 11.9 Å². The predicted molar refractivity (Wildman–Crippen MR) is 64.2 cm³/mol. The molecule has 0 unspecified atom stereocenters. The number of hydrogen-bond acceptors (Lipinski definition) is 7. The highest BCUT2D eigenvalue weighted by Crippen LogP contribution is 2.13. The molecular formula is C11H10N6O2. The molecule has 0 aliphatic carbocycles. The zero-order chi connectivity index (χ0) is 13.8. The van der Waals surface area contributed by atoms with Crippen molar-refractivity contribution in [2.24, 2.45) is 0 Å². The minimum absolute atomic E-state index is 0.0213. The molecule has 8 nitrogen and oxygen atoms in total. The summed E-state index contributed by atoms with van der Waals surface area (Å²) in [6, 6.07) is 1.86. The third-order valence-corrected chi connectivity index (χ3v) is 2.20. The summed E-state index contributed by atoms with van der Waals surface area (Å²) in [6.45, 7) is 1.93. The van der Waals surface area contributed by atoms with Crippen molar-refractivity contribution in [1.82, 2.24) is 19.7 Å². The van der Waals surface area contributed by atoms with Gasteiger partial charge in [-0.05, 0) is 6.92 Å². The average Bonchev–Trinajstić information content (AvgIpc) is 2.81. The lowest BCUT2D eigenvalue weighted by atomic mass is 10.4. The highest BCUT2D eigenvalue weighted by atomic mass is 16.5. The van der Waals surface area contributed by atoms with Gasteiger partial charge in [0.1, 0.15) is 6.07 Å². The fourth-order valence-electron chi connectivity index (χ4n) is 1.36. The smallest absolute Gasteiger partial charge is 0.361 e. The van der Waals surface area contributed by atoms with Crippen molar-refractivity contribution in [3.05, 3.63) is 30.0 Å². The second-order valence-corrected chi connectivity index (χ2v) is 3.47. The van der Waals surface area contributed by atoms with Gasteiger partial charge in [0, 0.05) is 0 Å². The Balaban J connectivity index is 2.33. The van der Waals surface area contributed by atoms with E-state index in [9.17, 15) is 4.79 Å². The maximum Gasteiger partial charge on any atom is 0.361 e. The Kier molecular flexibility index (Phi) is 3.38. The molecule has 2 aromatic rings. The summed E-state index contributed by atoms with van der Waals surface area (Å²) >= 11 is 0. The Hall–Kier alpha value is -2.95. The molecule has 19 heavy (non-hydrogen) atoms. The summed E-state index contributed by atoms with van der Waals surface area (Å²) < 4.78 is 6.12. The van der Waals surface area contributed by atoms with Crippen molar-refractivity contribution in [1.29, 1.82) is 5.26 Å². The number of nitrogen functional groups attached to an aromatic ring is 1. The summed E-state index contributed by atoms with van der Waals surface area (Å²) in [5.74, 6) is -0.249. The van der Waals surface area contributed by atoms with Gasteiger partial charge in [-0.2, -0.15) is 10.4 Å². The Morgan fingerprint density at radius 1 is 1.53 bits per heavy atom. The first-order valence-corrected chi connectivity index (χ1v) is 5.40. The van der Waals surface area contributed by atoms with Gasteiger partial charge in [-0.1, -0.05) is 0 Å². The minimum Gasteiger partial charge on any atom is -0.461 e. The average molecular weight is 258 g/mol. The lowest BCUT2D eigenvalue weighted by Gasteiger charge is -1.99. The second-order valence-electron chi connectivity index (χ2n) is 3.47. The van der Waals surface area contributed by atoms with E-state index in [1.54, 1.807) is 6.92 Å². The van der Waals surface area contributed by atoms with E-state index in [0.29, 0.717) is 5.82 Å². The first kappa shape index (κ1) is 12.5. The van der Waals surface area contributed by atoms with Crippen LogP contribution in [0.2, 0.25) is 0 Å². The number of nitrogens with two attached hydrogens (primary N) is 1. The van der Waals surface area contributed by atoms with E-state index >= 15 is 0 Å².